The normalized spacial score (nSPS) is 18.0. The Balaban J connectivity index is 2.08. The number of rotatable bonds is 7. The van der Waals surface area contributed by atoms with Crippen molar-refractivity contribution in [2.75, 3.05) is 24.4 Å². The highest BCUT2D eigenvalue weighted by Crippen LogP contribution is 2.38. The van der Waals surface area contributed by atoms with Gasteiger partial charge in [0.2, 0.25) is 5.91 Å². The van der Waals surface area contributed by atoms with Crippen molar-refractivity contribution in [2.45, 2.75) is 53.7 Å². The topological polar surface area (TPSA) is 140 Å². The van der Waals surface area contributed by atoms with E-state index in [1.54, 1.807) is 0 Å². The Bertz CT molecular complexity index is 1350. The van der Waals surface area contributed by atoms with Gasteiger partial charge in [0, 0.05) is 25.2 Å². The van der Waals surface area contributed by atoms with Crippen molar-refractivity contribution in [1.82, 2.24) is 4.98 Å². The summed E-state index contributed by atoms with van der Waals surface area (Å²) in [5, 5.41) is 12.0. The number of anilines is 1. The molecule has 0 aliphatic carbocycles. The monoisotopic (exact) mass is 550 g/mol. The summed E-state index contributed by atoms with van der Waals surface area (Å²) >= 11 is 0. The minimum absolute atomic E-state index is 0.0341. The number of hydrogen-bond acceptors (Lipinski definition) is 8. The van der Waals surface area contributed by atoms with E-state index >= 15 is 0 Å². The molecule has 2 unspecified atom stereocenters. The lowest BCUT2D eigenvalue weighted by Gasteiger charge is -2.27. The van der Waals surface area contributed by atoms with Crippen molar-refractivity contribution >= 4 is 31.4 Å². The van der Waals surface area contributed by atoms with E-state index in [0.717, 1.165) is 43.5 Å². The first-order valence-corrected chi connectivity index (χ1v) is 14.6. The first-order valence-electron chi connectivity index (χ1n) is 10.8. The maximum atomic E-state index is 13.8. The summed E-state index contributed by atoms with van der Waals surface area (Å²) in [6.45, 7) is 0.414. The molecule has 1 fully saturated rings. The molecule has 2 N–H and O–H groups in total. The molecule has 1 saturated heterocycles. The van der Waals surface area contributed by atoms with Gasteiger partial charge in [0.1, 0.15) is 10.6 Å². The summed E-state index contributed by atoms with van der Waals surface area (Å²) < 4.78 is 95.1. The van der Waals surface area contributed by atoms with Crippen molar-refractivity contribution in [1.29, 1.82) is 0 Å². The molecule has 1 amide bonds. The smallest absolute Gasteiger partial charge is 0.417 e. The molecule has 0 spiro atoms. The van der Waals surface area contributed by atoms with Crippen LogP contribution in [0, 0.1) is 0 Å². The predicted octanol–water partition coefficient (Wildman–Crippen LogP) is 3.29. The maximum Gasteiger partial charge on any atom is 0.417 e. The number of sulfone groups is 2. The van der Waals surface area contributed by atoms with Crippen LogP contribution >= 0.6 is 0 Å². The van der Waals surface area contributed by atoms with Crippen LogP contribution in [0.15, 0.2) is 40.3 Å². The average molecular weight is 551 g/mol. The van der Waals surface area contributed by atoms with Gasteiger partial charge < -0.3 is 15.2 Å². The number of amides is 1. The molecular formula is C22H25F3N2O7S2. The Morgan fingerprint density at radius 3 is 2.36 bits per heavy atom. The Kier molecular flexibility index (Phi) is 8.01. The van der Waals surface area contributed by atoms with Gasteiger partial charge in [-0.15, -0.1) is 0 Å². The highest BCUT2D eigenvalue weighted by Gasteiger charge is 2.38. The van der Waals surface area contributed by atoms with Crippen LogP contribution in [0.2, 0.25) is 0 Å². The fraction of sp³-hybridized carbons (Fsp3) is 0.455. The van der Waals surface area contributed by atoms with E-state index < -0.39 is 70.7 Å². The molecule has 9 nitrogen and oxygen atoms in total. The van der Waals surface area contributed by atoms with Crippen LogP contribution in [-0.2, 0) is 35.4 Å². The van der Waals surface area contributed by atoms with Gasteiger partial charge in [-0.05, 0) is 43.4 Å². The lowest BCUT2D eigenvalue weighted by molar-refractivity contribution is -0.140. The summed E-state index contributed by atoms with van der Waals surface area (Å²) in [6, 6.07) is 3.43. The van der Waals surface area contributed by atoms with Crippen molar-refractivity contribution < 1.29 is 44.6 Å². The molecule has 2 aromatic rings. The van der Waals surface area contributed by atoms with E-state index in [4.69, 9.17) is 4.74 Å². The van der Waals surface area contributed by atoms with Crippen LogP contribution in [0.4, 0.5) is 19.0 Å². The molecule has 1 aliphatic rings. The molecule has 36 heavy (non-hydrogen) atoms. The molecule has 1 aromatic carbocycles. The van der Waals surface area contributed by atoms with Crippen LogP contribution in [0.3, 0.4) is 0 Å². The summed E-state index contributed by atoms with van der Waals surface area (Å²) in [4.78, 5) is 15.7. The zero-order valence-electron chi connectivity index (χ0n) is 19.4. The maximum absolute atomic E-state index is 13.8. The molecule has 14 heteroatoms. The number of carbonyl (C=O) groups is 1. The standard InChI is InChI=1S/C22H25F3N2O7S2/c1-35(30,31)18-7-6-13(9-17(18)22(23,24)25)16(11-15-5-3-4-8-34-15)21(29)27-20-19(36(2,32)33)10-14(28)12-26-20/h6-7,9-10,12,15-16,28H,3-5,8,11H2,1-2H3,(H,26,27,29). The number of nitrogens with one attached hydrogen (secondary N) is 1. The number of nitrogens with zero attached hydrogens (tertiary/aromatic N) is 1. The number of benzene rings is 1. The number of pyridine rings is 1. The third-order valence-electron chi connectivity index (χ3n) is 5.68. The summed E-state index contributed by atoms with van der Waals surface area (Å²) in [6.07, 6.45) is -0.962. The van der Waals surface area contributed by atoms with E-state index in [2.05, 4.69) is 10.3 Å². The Morgan fingerprint density at radius 1 is 1.14 bits per heavy atom. The van der Waals surface area contributed by atoms with Gasteiger partial charge in [-0.1, -0.05) is 6.07 Å². The van der Waals surface area contributed by atoms with Crippen LogP contribution in [0.25, 0.3) is 0 Å². The minimum Gasteiger partial charge on any atom is -0.506 e. The number of carbonyl (C=O) groups excluding carboxylic acids is 1. The Morgan fingerprint density at radius 2 is 1.81 bits per heavy atom. The lowest BCUT2D eigenvalue weighted by Crippen LogP contribution is -2.29. The van der Waals surface area contributed by atoms with E-state index in [1.807, 2.05) is 0 Å². The molecule has 1 aromatic heterocycles. The van der Waals surface area contributed by atoms with Gasteiger partial charge >= 0.3 is 6.18 Å². The van der Waals surface area contributed by atoms with Gasteiger partial charge in [-0.3, -0.25) is 4.79 Å². The van der Waals surface area contributed by atoms with Crippen molar-refractivity contribution in [2.24, 2.45) is 0 Å². The third kappa shape index (κ3) is 6.73. The van der Waals surface area contributed by atoms with Crippen molar-refractivity contribution in [3.63, 3.8) is 0 Å². The quantitative estimate of drug-likeness (QED) is 0.535. The van der Waals surface area contributed by atoms with Crippen molar-refractivity contribution in [3.05, 3.63) is 41.6 Å². The highest BCUT2D eigenvalue weighted by atomic mass is 32.2. The van der Waals surface area contributed by atoms with Crippen LogP contribution < -0.4 is 5.32 Å². The van der Waals surface area contributed by atoms with E-state index in [1.165, 1.54) is 0 Å². The number of aromatic hydroxyl groups is 1. The van der Waals surface area contributed by atoms with Crippen LogP contribution in [-0.4, -0.2) is 58.1 Å². The molecular weight excluding hydrogens is 525 g/mol. The SMILES string of the molecule is CS(=O)(=O)c1ccc(C(CC2CCCCO2)C(=O)Nc2ncc(O)cc2S(C)(=O)=O)cc1C(F)(F)F. The van der Waals surface area contributed by atoms with Gasteiger partial charge in [-0.25, -0.2) is 21.8 Å². The number of hydrogen-bond donors (Lipinski definition) is 2. The fourth-order valence-corrected chi connectivity index (χ4v) is 5.65. The number of halogens is 3. The van der Waals surface area contributed by atoms with Gasteiger partial charge in [0.15, 0.2) is 25.5 Å². The zero-order chi connectivity index (χ0) is 26.9. The average Bonchev–Trinajstić information content (AvgIpc) is 2.77. The largest absolute Gasteiger partial charge is 0.506 e. The van der Waals surface area contributed by atoms with E-state index in [-0.39, 0.29) is 12.0 Å². The third-order valence-corrected chi connectivity index (χ3v) is 7.94. The predicted molar refractivity (Wildman–Crippen MR) is 123 cm³/mol. The molecule has 2 atom stereocenters. The van der Waals surface area contributed by atoms with E-state index in [0.29, 0.717) is 25.3 Å². The second kappa shape index (κ2) is 10.3. The molecule has 0 bridgehead atoms. The second-order valence-electron chi connectivity index (χ2n) is 8.60. The highest BCUT2D eigenvalue weighted by molar-refractivity contribution is 7.91. The van der Waals surface area contributed by atoms with Crippen LogP contribution in [0.5, 0.6) is 5.75 Å². The Labute approximate surface area is 206 Å². The molecule has 3 rings (SSSR count). The van der Waals surface area contributed by atoms with Crippen LogP contribution in [0.1, 0.15) is 42.7 Å². The summed E-state index contributed by atoms with van der Waals surface area (Å²) in [5.74, 6) is -3.00. The zero-order valence-corrected chi connectivity index (χ0v) is 21.0. The fourth-order valence-electron chi connectivity index (χ4n) is 3.97. The first-order chi connectivity index (χ1) is 16.6. The molecule has 198 valence electrons. The molecule has 1 aliphatic heterocycles. The number of alkyl halides is 3. The molecule has 0 radical (unpaired) electrons. The first kappa shape index (κ1) is 27.9. The lowest BCUT2D eigenvalue weighted by atomic mass is 9.89. The molecule has 2 heterocycles. The number of aromatic nitrogens is 1. The van der Waals surface area contributed by atoms with E-state index in [9.17, 15) is 39.9 Å². The summed E-state index contributed by atoms with van der Waals surface area (Å²) in [5.41, 5.74) is -1.54. The molecule has 0 saturated carbocycles. The van der Waals surface area contributed by atoms with Gasteiger partial charge in [0.05, 0.1) is 28.7 Å². The second-order valence-corrected chi connectivity index (χ2v) is 12.6. The Hall–Kier alpha value is -2.71. The minimum atomic E-state index is -5.02. The van der Waals surface area contributed by atoms with Gasteiger partial charge in [-0.2, -0.15) is 13.2 Å². The van der Waals surface area contributed by atoms with Gasteiger partial charge in [0.25, 0.3) is 0 Å². The number of ether oxygens (including phenoxy) is 1. The summed E-state index contributed by atoms with van der Waals surface area (Å²) in [7, 11) is -8.17. The van der Waals surface area contributed by atoms with Crippen molar-refractivity contribution in [3.8, 4) is 5.75 Å².